The molecule has 27 heavy (non-hydrogen) atoms. The zero-order valence-corrected chi connectivity index (χ0v) is 14.4. The first-order valence-corrected chi connectivity index (χ1v) is 7.85. The molecule has 0 amide bonds. The first kappa shape index (κ1) is 18.4. The molecule has 0 saturated carbocycles. The fourth-order valence-electron chi connectivity index (χ4n) is 2.90. The van der Waals surface area contributed by atoms with Crippen LogP contribution in [0, 0.1) is 5.53 Å². The number of nitrogens with one attached hydrogen (secondary N) is 2. The Morgan fingerprint density at radius 3 is 2.70 bits per heavy atom. The number of esters is 2. The Morgan fingerprint density at radius 1 is 1.33 bits per heavy atom. The molecular weight excluding hydrogens is 362 g/mol. The third-order valence-corrected chi connectivity index (χ3v) is 3.86. The summed E-state index contributed by atoms with van der Waals surface area (Å²) in [5.74, 6) is -1.23. The van der Waals surface area contributed by atoms with Crippen molar-refractivity contribution in [3.63, 3.8) is 0 Å². The van der Waals surface area contributed by atoms with Gasteiger partial charge in [0.05, 0.1) is 12.7 Å². The van der Waals surface area contributed by atoms with Crippen LogP contribution in [0.1, 0.15) is 20.1 Å². The molecule has 4 atom stereocenters. The van der Waals surface area contributed by atoms with Crippen molar-refractivity contribution in [1.82, 2.24) is 24.4 Å². The van der Waals surface area contributed by atoms with E-state index in [9.17, 15) is 14.4 Å². The van der Waals surface area contributed by atoms with Gasteiger partial charge in [0.25, 0.3) is 5.56 Å². The van der Waals surface area contributed by atoms with Crippen molar-refractivity contribution in [3.05, 3.63) is 23.0 Å². The van der Waals surface area contributed by atoms with Crippen LogP contribution < -0.4 is 10.5 Å². The second-order valence-electron chi connectivity index (χ2n) is 5.69. The molecule has 1 aliphatic heterocycles. The maximum atomic E-state index is 11.9. The number of nitrogens with zero attached hydrogens (tertiary/aromatic N) is 5. The van der Waals surface area contributed by atoms with Gasteiger partial charge in [0.15, 0.2) is 36.1 Å². The van der Waals surface area contributed by atoms with Gasteiger partial charge < -0.3 is 19.2 Å². The van der Waals surface area contributed by atoms with Gasteiger partial charge in [0.1, 0.15) is 16.7 Å². The molecule has 0 spiro atoms. The van der Waals surface area contributed by atoms with Gasteiger partial charge in [-0.25, -0.2) is 9.97 Å². The van der Waals surface area contributed by atoms with E-state index in [4.69, 9.17) is 19.7 Å². The minimum atomic E-state index is -1.05. The van der Waals surface area contributed by atoms with Gasteiger partial charge in [-0.1, -0.05) is 0 Å². The van der Waals surface area contributed by atoms with Crippen LogP contribution in [-0.4, -0.2) is 56.3 Å². The molecule has 1 fully saturated rings. The predicted molar refractivity (Wildman–Crippen MR) is 85.3 cm³/mol. The minimum absolute atomic E-state index is 0.0704. The average molecular weight is 378 g/mol. The van der Waals surface area contributed by atoms with E-state index in [1.807, 2.05) is 0 Å². The number of hydrogen-bond donors (Lipinski definition) is 2. The minimum Gasteiger partial charge on any atom is -0.456 e. The molecule has 0 radical (unpaired) electrons. The molecule has 2 aromatic heterocycles. The highest BCUT2D eigenvalue weighted by atomic mass is 16.6. The number of carbonyl (C=O) groups excluding carboxylic acids is 2. The molecule has 2 aromatic rings. The highest BCUT2D eigenvalue weighted by Gasteiger charge is 2.51. The van der Waals surface area contributed by atoms with Gasteiger partial charge in [0, 0.05) is 13.8 Å². The number of aromatic nitrogens is 4. The smallest absolute Gasteiger partial charge is 0.303 e. The fraction of sp³-hybridized carbons (Fsp3) is 0.500. The van der Waals surface area contributed by atoms with E-state index in [1.54, 1.807) is 0 Å². The Balaban J connectivity index is 2.06. The van der Waals surface area contributed by atoms with Crippen molar-refractivity contribution in [3.8, 4) is 0 Å². The second-order valence-corrected chi connectivity index (χ2v) is 5.69. The largest absolute Gasteiger partial charge is 0.456 e. The molecular formula is C14H16N7O6+. The Morgan fingerprint density at radius 2 is 2.04 bits per heavy atom. The van der Waals surface area contributed by atoms with E-state index in [0.717, 1.165) is 0 Å². The maximum Gasteiger partial charge on any atom is 0.303 e. The van der Waals surface area contributed by atoms with Gasteiger partial charge in [-0.05, 0) is 0 Å². The van der Waals surface area contributed by atoms with Crippen molar-refractivity contribution >= 4 is 23.1 Å². The Hall–Kier alpha value is -3.44. The van der Waals surface area contributed by atoms with E-state index in [2.05, 4.69) is 25.0 Å². The zero-order valence-electron chi connectivity index (χ0n) is 14.4. The van der Waals surface area contributed by atoms with Gasteiger partial charge in [-0.3, -0.25) is 19.0 Å². The van der Waals surface area contributed by atoms with Crippen molar-refractivity contribution in [2.45, 2.75) is 38.4 Å². The summed E-state index contributed by atoms with van der Waals surface area (Å²) < 4.78 is 17.9. The molecule has 1 saturated heterocycles. The predicted octanol–water partition coefficient (Wildman–Crippen LogP) is -0.569. The lowest BCUT2D eigenvalue weighted by Crippen LogP contribution is -2.39. The number of H-pyrrole nitrogens is 1. The van der Waals surface area contributed by atoms with Crippen LogP contribution in [0.25, 0.3) is 11.2 Å². The summed E-state index contributed by atoms with van der Waals surface area (Å²) in [7, 11) is 0. The molecule has 4 unspecified atom stereocenters. The maximum absolute atomic E-state index is 11.9. The summed E-state index contributed by atoms with van der Waals surface area (Å²) in [5.41, 5.74) is 6.63. The lowest BCUT2D eigenvalue weighted by molar-refractivity contribution is -0.165. The van der Waals surface area contributed by atoms with E-state index >= 15 is 0 Å². The topological polar surface area (TPSA) is 176 Å². The molecule has 0 aliphatic carbocycles. The summed E-state index contributed by atoms with van der Waals surface area (Å²) in [6.07, 6.45) is -1.35. The van der Waals surface area contributed by atoms with Gasteiger partial charge >= 0.3 is 11.9 Å². The van der Waals surface area contributed by atoms with E-state index in [-0.39, 0.29) is 17.7 Å². The standard InChI is InChI=1S/C14H15N7O6/c1-6(22)25-10-8(3-19-20-15)27-14(11(10)26-7(2)23)21-5-18-9-12(21)16-4-17-13(9)24/h4-5,8,10-11,14-15H,3H2,1-2H3/p+1. The van der Waals surface area contributed by atoms with E-state index < -0.39 is 42.0 Å². The van der Waals surface area contributed by atoms with Crippen LogP contribution >= 0.6 is 0 Å². The third-order valence-electron chi connectivity index (χ3n) is 3.86. The van der Waals surface area contributed by atoms with Crippen molar-refractivity contribution in [2.24, 2.45) is 5.11 Å². The van der Waals surface area contributed by atoms with E-state index in [1.165, 1.54) is 31.1 Å². The molecule has 0 bridgehead atoms. The number of carbonyl (C=O) groups is 2. The van der Waals surface area contributed by atoms with Crippen LogP contribution in [0.3, 0.4) is 0 Å². The number of rotatable bonds is 5. The van der Waals surface area contributed by atoms with Crippen LogP contribution in [-0.2, 0) is 23.8 Å². The molecule has 13 heteroatoms. The summed E-state index contributed by atoms with van der Waals surface area (Å²) in [6, 6.07) is 0. The third kappa shape index (κ3) is 3.59. The number of fused-ring (bicyclic) bond motifs is 1. The van der Waals surface area contributed by atoms with Crippen LogP contribution in [0.15, 0.2) is 22.6 Å². The Bertz CT molecular complexity index is 978. The average Bonchev–Trinajstić information content (AvgIpc) is 3.16. The molecule has 13 nitrogen and oxygen atoms in total. The van der Waals surface area contributed by atoms with E-state index in [0.29, 0.717) is 0 Å². The lowest BCUT2D eigenvalue weighted by atomic mass is 10.1. The molecule has 1 aliphatic rings. The number of aromatic amines is 1. The van der Waals surface area contributed by atoms with Crippen molar-refractivity contribution in [2.75, 3.05) is 6.54 Å². The number of ether oxygens (including phenoxy) is 3. The van der Waals surface area contributed by atoms with Crippen molar-refractivity contribution in [1.29, 1.82) is 5.53 Å². The van der Waals surface area contributed by atoms with Crippen LogP contribution in [0.5, 0.6) is 0 Å². The Labute approximate surface area is 150 Å². The van der Waals surface area contributed by atoms with Crippen molar-refractivity contribution < 1.29 is 23.8 Å². The zero-order chi connectivity index (χ0) is 19.6. The number of hydrogen-bond acceptors (Lipinski definition) is 10. The highest BCUT2D eigenvalue weighted by Crippen LogP contribution is 2.35. The summed E-state index contributed by atoms with van der Waals surface area (Å²) in [6.45, 7) is 2.30. The number of imidazole rings is 1. The monoisotopic (exact) mass is 378 g/mol. The summed E-state index contributed by atoms with van der Waals surface area (Å²) in [5, 5.41) is 3.56. The SMILES string of the molecule is CC(=O)OC1C(CN=[N+]=N)OC(n2cnc3c(=O)[nH]cnc32)C1OC(C)=O. The molecule has 142 valence electrons. The Kier molecular flexibility index (Phi) is 5.05. The summed E-state index contributed by atoms with van der Waals surface area (Å²) >= 11 is 0. The quantitative estimate of drug-likeness (QED) is 0.395. The van der Waals surface area contributed by atoms with Gasteiger partial charge in [0.2, 0.25) is 4.91 Å². The fourth-order valence-corrected chi connectivity index (χ4v) is 2.90. The first-order chi connectivity index (χ1) is 12.9. The lowest BCUT2D eigenvalue weighted by Gasteiger charge is -2.23. The molecule has 3 heterocycles. The molecule has 3 rings (SSSR count). The summed E-state index contributed by atoms with van der Waals surface area (Å²) in [4.78, 5) is 48.4. The highest BCUT2D eigenvalue weighted by molar-refractivity contribution is 5.69. The molecule has 2 N–H and O–H groups in total. The first-order valence-electron chi connectivity index (χ1n) is 7.85. The molecule has 0 aromatic carbocycles. The van der Waals surface area contributed by atoms with Crippen LogP contribution in [0.2, 0.25) is 0 Å². The van der Waals surface area contributed by atoms with Crippen LogP contribution in [0.4, 0.5) is 0 Å². The normalized spacial score (nSPS) is 24.4. The second kappa shape index (κ2) is 7.43. The van der Waals surface area contributed by atoms with Gasteiger partial charge in [-0.15, -0.1) is 0 Å². The van der Waals surface area contributed by atoms with Gasteiger partial charge in [-0.2, -0.15) is 0 Å².